The second kappa shape index (κ2) is 5.20. The van der Waals surface area contributed by atoms with Crippen LogP contribution in [0.5, 0.6) is 0 Å². The molecule has 3 N–H and O–H groups in total. The number of imidazole rings is 3. The summed E-state index contributed by atoms with van der Waals surface area (Å²) in [6.07, 6.45) is 3.60. The van der Waals surface area contributed by atoms with E-state index in [4.69, 9.17) is 0 Å². The zero-order valence-electron chi connectivity index (χ0n) is 13.2. The van der Waals surface area contributed by atoms with Gasteiger partial charge in [0.05, 0.1) is 34.6 Å². The van der Waals surface area contributed by atoms with Gasteiger partial charge in [-0.1, -0.05) is 30.3 Å². The monoisotopic (exact) mass is 330 g/mol. The minimum absolute atomic E-state index is 0.219. The first-order chi connectivity index (χ1) is 12.3. The average Bonchev–Trinajstić information content (AvgIpc) is 3.30. The number of rotatable bonds is 3. The molecule has 0 saturated heterocycles. The average molecular weight is 330 g/mol. The molecule has 0 aliphatic carbocycles. The normalized spacial score (nSPS) is 11.5. The Morgan fingerprint density at radius 1 is 0.960 bits per heavy atom. The standard InChI is InChI=1S/C18H14N6O/c25-18-22-14-6-12-13(7-15(14)23-18)21-17(20-12)16-8-19-10-24(16)9-11-4-2-1-3-5-11/h1-8,10H,9H2,(H,20,21)(H2,22,23,25). The number of aromatic amines is 3. The lowest BCUT2D eigenvalue weighted by Gasteiger charge is -2.06. The fourth-order valence-corrected chi connectivity index (χ4v) is 3.08. The Kier molecular flexibility index (Phi) is 2.87. The fraction of sp³-hybridized carbons (Fsp3) is 0.0556. The molecule has 0 unspecified atom stereocenters. The molecule has 0 aliphatic rings. The Morgan fingerprint density at radius 3 is 2.60 bits per heavy atom. The van der Waals surface area contributed by atoms with Gasteiger partial charge in [0.2, 0.25) is 0 Å². The molecule has 122 valence electrons. The number of nitrogens with zero attached hydrogens (tertiary/aromatic N) is 3. The van der Waals surface area contributed by atoms with Crippen molar-refractivity contribution >= 4 is 22.1 Å². The number of benzene rings is 2. The van der Waals surface area contributed by atoms with E-state index in [1.807, 2.05) is 30.3 Å². The van der Waals surface area contributed by atoms with E-state index >= 15 is 0 Å². The van der Waals surface area contributed by atoms with Crippen molar-refractivity contribution in [3.63, 3.8) is 0 Å². The van der Waals surface area contributed by atoms with Gasteiger partial charge in [0.1, 0.15) is 5.69 Å². The van der Waals surface area contributed by atoms with E-state index in [1.165, 1.54) is 5.56 Å². The Hall–Kier alpha value is -3.61. The predicted octanol–water partition coefficient (Wildman–Crippen LogP) is 2.64. The molecular formula is C18H14N6O. The highest BCUT2D eigenvalue weighted by Crippen LogP contribution is 2.23. The van der Waals surface area contributed by atoms with Crippen LogP contribution in [0.15, 0.2) is 59.8 Å². The first-order valence-electron chi connectivity index (χ1n) is 7.92. The lowest BCUT2D eigenvalue weighted by atomic mass is 10.2. The molecule has 7 heteroatoms. The second-order valence-electron chi connectivity index (χ2n) is 5.97. The first kappa shape index (κ1) is 13.8. The molecule has 25 heavy (non-hydrogen) atoms. The van der Waals surface area contributed by atoms with Crippen LogP contribution >= 0.6 is 0 Å². The summed E-state index contributed by atoms with van der Waals surface area (Å²) >= 11 is 0. The van der Waals surface area contributed by atoms with Crippen LogP contribution in [0.4, 0.5) is 0 Å². The smallest absolute Gasteiger partial charge is 0.323 e. The molecule has 0 fully saturated rings. The molecule has 3 aromatic heterocycles. The SMILES string of the molecule is O=c1[nH]c2cc3nc(-c4cncn4Cc4ccccc4)[nH]c3cc2[nH]1. The molecule has 2 aromatic carbocycles. The highest BCUT2D eigenvalue weighted by molar-refractivity contribution is 5.92. The van der Waals surface area contributed by atoms with Gasteiger partial charge in [-0.2, -0.15) is 0 Å². The van der Waals surface area contributed by atoms with Gasteiger partial charge in [-0.25, -0.2) is 14.8 Å². The summed E-state index contributed by atoms with van der Waals surface area (Å²) in [6, 6.07) is 14.0. The largest absolute Gasteiger partial charge is 0.337 e. The van der Waals surface area contributed by atoms with Gasteiger partial charge in [0, 0.05) is 6.54 Å². The van der Waals surface area contributed by atoms with Gasteiger partial charge in [-0.05, 0) is 17.7 Å². The van der Waals surface area contributed by atoms with Crippen LogP contribution in [0.1, 0.15) is 5.56 Å². The fourth-order valence-electron chi connectivity index (χ4n) is 3.08. The van der Waals surface area contributed by atoms with Gasteiger partial charge in [0.15, 0.2) is 5.82 Å². The van der Waals surface area contributed by atoms with Crippen molar-refractivity contribution in [3.05, 3.63) is 71.0 Å². The van der Waals surface area contributed by atoms with Crippen LogP contribution in [-0.2, 0) is 6.54 Å². The van der Waals surface area contributed by atoms with E-state index in [1.54, 1.807) is 12.5 Å². The molecule has 7 nitrogen and oxygen atoms in total. The van der Waals surface area contributed by atoms with Gasteiger partial charge >= 0.3 is 5.69 Å². The molecule has 0 spiro atoms. The number of nitrogens with one attached hydrogen (secondary N) is 3. The Morgan fingerprint density at radius 2 is 1.76 bits per heavy atom. The Bertz CT molecular complexity index is 1190. The molecule has 0 atom stereocenters. The summed E-state index contributed by atoms with van der Waals surface area (Å²) in [6.45, 7) is 0.724. The summed E-state index contributed by atoms with van der Waals surface area (Å²) in [5.41, 5.74) is 5.05. The minimum Gasteiger partial charge on any atom is -0.337 e. The van der Waals surface area contributed by atoms with E-state index in [-0.39, 0.29) is 5.69 Å². The number of fused-ring (bicyclic) bond motifs is 2. The third-order valence-corrected chi connectivity index (χ3v) is 4.27. The summed E-state index contributed by atoms with van der Waals surface area (Å²) < 4.78 is 2.06. The molecule has 0 saturated carbocycles. The molecule has 0 bridgehead atoms. The summed E-state index contributed by atoms with van der Waals surface area (Å²) in [4.78, 5) is 29.2. The maximum atomic E-state index is 11.4. The zero-order chi connectivity index (χ0) is 16.8. The van der Waals surface area contributed by atoms with Crippen LogP contribution in [0, 0.1) is 0 Å². The van der Waals surface area contributed by atoms with Crippen molar-refractivity contribution in [2.75, 3.05) is 0 Å². The third-order valence-electron chi connectivity index (χ3n) is 4.27. The topological polar surface area (TPSA) is 95.2 Å². The molecule has 5 rings (SSSR count). The maximum absolute atomic E-state index is 11.4. The quantitative estimate of drug-likeness (QED) is 0.474. The van der Waals surface area contributed by atoms with Crippen molar-refractivity contribution < 1.29 is 0 Å². The maximum Gasteiger partial charge on any atom is 0.323 e. The zero-order valence-corrected chi connectivity index (χ0v) is 13.2. The van der Waals surface area contributed by atoms with Crippen LogP contribution in [-0.4, -0.2) is 29.5 Å². The van der Waals surface area contributed by atoms with E-state index in [0.717, 1.165) is 40.1 Å². The van der Waals surface area contributed by atoms with Crippen molar-refractivity contribution in [3.8, 4) is 11.5 Å². The molecular weight excluding hydrogens is 316 g/mol. The summed E-state index contributed by atoms with van der Waals surface area (Å²) in [5, 5.41) is 0. The minimum atomic E-state index is -0.219. The van der Waals surface area contributed by atoms with Gasteiger partial charge in [0.25, 0.3) is 0 Å². The van der Waals surface area contributed by atoms with Gasteiger partial charge in [-0.3, -0.25) is 0 Å². The highest BCUT2D eigenvalue weighted by Gasteiger charge is 2.12. The van der Waals surface area contributed by atoms with E-state index in [0.29, 0.717) is 0 Å². The summed E-state index contributed by atoms with van der Waals surface area (Å²) in [5.74, 6) is 0.749. The number of hydrogen-bond donors (Lipinski definition) is 3. The predicted molar refractivity (Wildman–Crippen MR) is 95.3 cm³/mol. The van der Waals surface area contributed by atoms with Crippen LogP contribution in [0.3, 0.4) is 0 Å². The van der Waals surface area contributed by atoms with Crippen LogP contribution in [0.2, 0.25) is 0 Å². The number of aromatic nitrogens is 6. The summed E-state index contributed by atoms with van der Waals surface area (Å²) in [7, 11) is 0. The molecule has 3 heterocycles. The van der Waals surface area contributed by atoms with Crippen LogP contribution < -0.4 is 5.69 Å². The van der Waals surface area contributed by atoms with Crippen molar-refractivity contribution in [1.82, 2.24) is 29.5 Å². The first-order valence-corrected chi connectivity index (χ1v) is 7.92. The number of H-pyrrole nitrogens is 3. The third kappa shape index (κ3) is 2.33. The van der Waals surface area contributed by atoms with E-state index < -0.39 is 0 Å². The van der Waals surface area contributed by atoms with Crippen molar-refractivity contribution in [2.45, 2.75) is 6.54 Å². The van der Waals surface area contributed by atoms with Crippen molar-refractivity contribution in [1.29, 1.82) is 0 Å². The van der Waals surface area contributed by atoms with Gasteiger partial charge in [-0.15, -0.1) is 0 Å². The Labute approximate surface area is 141 Å². The lowest BCUT2D eigenvalue weighted by Crippen LogP contribution is -2.00. The van der Waals surface area contributed by atoms with E-state index in [9.17, 15) is 4.79 Å². The molecule has 0 aliphatic heterocycles. The second-order valence-corrected chi connectivity index (χ2v) is 5.97. The highest BCUT2D eigenvalue weighted by atomic mass is 16.1. The van der Waals surface area contributed by atoms with E-state index in [2.05, 4.69) is 41.6 Å². The van der Waals surface area contributed by atoms with Gasteiger partial charge < -0.3 is 19.5 Å². The number of hydrogen-bond acceptors (Lipinski definition) is 3. The lowest BCUT2D eigenvalue weighted by molar-refractivity contribution is 0.800. The Balaban J connectivity index is 1.59. The molecule has 0 radical (unpaired) electrons. The molecule has 0 amide bonds. The van der Waals surface area contributed by atoms with Crippen molar-refractivity contribution in [2.24, 2.45) is 0 Å². The molecule has 5 aromatic rings. The van der Waals surface area contributed by atoms with Crippen LogP contribution in [0.25, 0.3) is 33.6 Å².